The molecule has 0 bridgehead atoms. The van der Waals surface area contributed by atoms with Crippen molar-refractivity contribution in [3.63, 3.8) is 0 Å². The highest BCUT2D eigenvalue weighted by atomic mass is 79.9. The number of halogens is 1. The van der Waals surface area contributed by atoms with Crippen LogP contribution < -0.4 is 10.1 Å². The second-order valence-corrected chi connectivity index (χ2v) is 6.17. The predicted molar refractivity (Wildman–Crippen MR) is 78.5 cm³/mol. The van der Waals surface area contributed by atoms with Gasteiger partial charge < -0.3 is 14.8 Å². The van der Waals surface area contributed by atoms with Gasteiger partial charge in [0.1, 0.15) is 11.4 Å². The van der Waals surface area contributed by atoms with Gasteiger partial charge in [-0.15, -0.1) is 0 Å². The summed E-state index contributed by atoms with van der Waals surface area (Å²) in [6.07, 6.45) is -0.443. The first-order chi connectivity index (χ1) is 8.73. The molecular formula is C14H20BrNO3. The molecule has 1 amide bonds. The Morgan fingerprint density at radius 1 is 1.37 bits per heavy atom. The third-order valence-electron chi connectivity index (χ3n) is 2.39. The van der Waals surface area contributed by atoms with Crippen molar-refractivity contribution in [2.45, 2.75) is 39.3 Å². The second kappa shape index (κ2) is 6.28. The van der Waals surface area contributed by atoms with Gasteiger partial charge >= 0.3 is 6.09 Å². The lowest BCUT2D eigenvalue weighted by atomic mass is 10.1. The van der Waals surface area contributed by atoms with Crippen LogP contribution in [0.15, 0.2) is 22.7 Å². The lowest BCUT2D eigenvalue weighted by Gasteiger charge is -2.23. The number of benzene rings is 1. The molecule has 0 aliphatic rings. The van der Waals surface area contributed by atoms with Crippen LogP contribution in [0, 0.1) is 0 Å². The van der Waals surface area contributed by atoms with Gasteiger partial charge in [-0.05, 0) is 45.9 Å². The number of carbonyl (C=O) groups excluding carboxylic acids is 1. The molecular weight excluding hydrogens is 310 g/mol. The Balaban J connectivity index is 2.80. The largest absolute Gasteiger partial charge is 0.496 e. The summed E-state index contributed by atoms with van der Waals surface area (Å²) in [6.45, 7) is 7.37. The fourth-order valence-corrected chi connectivity index (χ4v) is 1.98. The quantitative estimate of drug-likeness (QED) is 0.910. The summed E-state index contributed by atoms with van der Waals surface area (Å²) in [7, 11) is 1.60. The number of carbonyl (C=O) groups is 1. The van der Waals surface area contributed by atoms with E-state index in [0.29, 0.717) is 0 Å². The monoisotopic (exact) mass is 329 g/mol. The lowest BCUT2D eigenvalue weighted by molar-refractivity contribution is 0.0507. The van der Waals surface area contributed by atoms with Crippen LogP contribution in [0.5, 0.6) is 5.75 Å². The van der Waals surface area contributed by atoms with Crippen LogP contribution in [-0.4, -0.2) is 18.8 Å². The first kappa shape index (κ1) is 15.8. The minimum Gasteiger partial charge on any atom is -0.496 e. The number of ether oxygens (including phenoxy) is 2. The zero-order chi connectivity index (χ0) is 14.6. The van der Waals surface area contributed by atoms with Crippen LogP contribution in [0.3, 0.4) is 0 Å². The van der Waals surface area contributed by atoms with E-state index in [0.717, 1.165) is 15.8 Å². The van der Waals surface area contributed by atoms with E-state index in [1.54, 1.807) is 7.11 Å². The van der Waals surface area contributed by atoms with Crippen molar-refractivity contribution >= 4 is 22.0 Å². The molecule has 0 saturated carbocycles. The molecule has 0 fully saturated rings. The molecule has 1 aromatic carbocycles. The highest BCUT2D eigenvalue weighted by Gasteiger charge is 2.20. The Morgan fingerprint density at radius 2 is 2.00 bits per heavy atom. The first-order valence-corrected chi connectivity index (χ1v) is 6.85. The van der Waals surface area contributed by atoms with Crippen molar-refractivity contribution in [2.24, 2.45) is 0 Å². The van der Waals surface area contributed by atoms with E-state index in [9.17, 15) is 4.79 Å². The Morgan fingerprint density at radius 3 is 2.53 bits per heavy atom. The van der Waals surface area contributed by atoms with E-state index in [-0.39, 0.29) is 6.04 Å². The summed E-state index contributed by atoms with van der Waals surface area (Å²) in [5.74, 6) is 0.728. The van der Waals surface area contributed by atoms with Crippen molar-refractivity contribution in [1.29, 1.82) is 0 Å². The molecule has 0 radical (unpaired) electrons. The van der Waals surface area contributed by atoms with Gasteiger partial charge in [-0.25, -0.2) is 4.79 Å². The first-order valence-electron chi connectivity index (χ1n) is 6.06. The molecule has 106 valence electrons. The molecule has 0 aromatic heterocycles. The molecule has 0 saturated heterocycles. The zero-order valence-corrected chi connectivity index (χ0v) is 13.5. The van der Waals surface area contributed by atoms with E-state index >= 15 is 0 Å². The third-order valence-corrected chi connectivity index (χ3v) is 2.88. The summed E-state index contributed by atoms with van der Waals surface area (Å²) in [5, 5.41) is 2.79. The maximum Gasteiger partial charge on any atom is 0.408 e. The summed E-state index contributed by atoms with van der Waals surface area (Å²) < 4.78 is 11.5. The zero-order valence-electron chi connectivity index (χ0n) is 11.9. The molecule has 4 nitrogen and oxygen atoms in total. The normalized spacial score (nSPS) is 12.7. The highest BCUT2D eigenvalue weighted by molar-refractivity contribution is 9.10. The number of alkyl carbamates (subject to hydrolysis) is 1. The van der Waals surface area contributed by atoms with Crippen molar-refractivity contribution in [1.82, 2.24) is 5.32 Å². The fraction of sp³-hybridized carbons (Fsp3) is 0.500. The van der Waals surface area contributed by atoms with Crippen LogP contribution in [0.4, 0.5) is 4.79 Å². The molecule has 1 atom stereocenters. The molecule has 19 heavy (non-hydrogen) atoms. The van der Waals surface area contributed by atoms with Crippen molar-refractivity contribution in [3.05, 3.63) is 28.2 Å². The molecule has 1 rings (SSSR count). The average molecular weight is 330 g/mol. The number of methoxy groups -OCH3 is 1. The molecule has 0 unspecified atom stereocenters. The number of amides is 1. The Kier molecular flexibility index (Phi) is 5.23. The Labute approximate surface area is 122 Å². The molecule has 0 heterocycles. The van der Waals surface area contributed by atoms with E-state index in [4.69, 9.17) is 9.47 Å². The van der Waals surface area contributed by atoms with E-state index in [1.165, 1.54) is 0 Å². The summed E-state index contributed by atoms with van der Waals surface area (Å²) >= 11 is 3.41. The van der Waals surface area contributed by atoms with Gasteiger partial charge in [0.2, 0.25) is 0 Å². The Hall–Kier alpha value is -1.23. The van der Waals surface area contributed by atoms with Gasteiger partial charge in [0.05, 0.1) is 13.2 Å². The number of hydrogen-bond donors (Lipinski definition) is 1. The number of nitrogens with one attached hydrogen (secondary N) is 1. The summed E-state index contributed by atoms with van der Waals surface area (Å²) in [5.41, 5.74) is 0.383. The fourth-order valence-electron chi connectivity index (χ4n) is 1.61. The molecule has 5 heteroatoms. The van der Waals surface area contributed by atoms with Crippen molar-refractivity contribution < 1.29 is 14.3 Å². The topological polar surface area (TPSA) is 47.6 Å². The van der Waals surface area contributed by atoms with Crippen molar-refractivity contribution in [3.8, 4) is 5.75 Å². The van der Waals surface area contributed by atoms with Gasteiger partial charge in [-0.2, -0.15) is 0 Å². The molecule has 1 aromatic rings. The van der Waals surface area contributed by atoms with Crippen LogP contribution >= 0.6 is 15.9 Å². The third kappa shape index (κ3) is 5.11. The molecule has 0 aliphatic carbocycles. The highest BCUT2D eigenvalue weighted by Crippen LogP contribution is 2.28. The minimum absolute atomic E-state index is 0.206. The van der Waals surface area contributed by atoms with Crippen LogP contribution in [0.2, 0.25) is 0 Å². The van der Waals surface area contributed by atoms with Crippen LogP contribution in [-0.2, 0) is 4.74 Å². The second-order valence-electron chi connectivity index (χ2n) is 5.25. The lowest BCUT2D eigenvalue weighted by Crippen LogP contribution is -2.34. The Bertz CT molecular complexity index is 454. The van der Waals surface area contributed by atoms with Crippen LogP contribution in [0.1, 0.15) is 39.3 Å². The van der Waals surface area contributed by atoms with Crippen molar-refractivity contribution in [2.75, 3.05) is 7.11 Å². The standard InChI is InChI=1S/C14H20BrNO3/c1-9(16-13(17)19-14(2,3)4)11-8-10(15)6-7-12(11)18-5/h6-9H,1-5H3,(H,16,17)/t9-/m0/s1. The SMILES string of the molecule is COc1ccc(Br)cc1[C@H](C)NC(=O)OC(C)(C)C. The minimum atomic E-state index is -0.509. The van der Waals surface area contributed by atoms with Gasteiger partial charge in [0, 0.05) is 10.0 Å². The predicted octanol–water partition coefficient (Wildman–Crippen LogP) is 4.04. The van der Waals surface area contributed by atoms with E-state index < -0.39 is 11.7 Å². The molecule has 0 aliphatic heterocycles. The van der Waals surface area contributed by atoms with Gasteiger partial charge in [-0.3, -0.25) is 0 Å². The number of rotatable bonds is 3. The van der Waals surface area contributed by atoms with Gasteiger partial charge in [0.15, 0.2) is 0 Å². The van der Waals surface area contributed by atoms with Gasteiger partial charge in [-0.1, -0.05) is 15.9 Å². The average Bonchev–Trinajstić information content (AvgIpc) is 2.26. The smallest absolute Gasteiger partial charge is 0.408 e. The van der Waals surface area contributed by atoms with E-state index in [1.807, 2.05) is 45.9 Å². The van der Waals surface area contributed by atoms with Gasteiger partial charge in [0.25, 0.3) is 0 Å². The molecule has 1 N–H and O–H groups in total. The maximum atomic E-state index is 11.7. The summed E-state index contributed by atoms with van der Waals surface area (Å²) in [4.78, 5) is 11.7. The number of hydrogen-bond acceptors (Lipinski definition) is 3. The maximum absolute atomic E-state index is 11.7. The van der Waals surface area contributed by atoms with E-state index in [2.05, 4.69) is 21.2 Å². The summed E-state index contributed by atoms with van der Waals surface area (Å²) in [6, 6.07) is 5.46. The molecule has 0 spiro atoms. The van der Waals surface area contributed by atoms with Crippen LogP contribution in [0.25, 0.3) is 0 Å².